The van der Waals surface area contributed by atoms with Crippen LogP contribution in [-0.2, 0) is 23.7 Å². The third-order valence-corrected chi connectivity index (χ3v) is 2.70. The number of ether oxygens (including phenoxy) is 4. The maximum atomic E-state index is 13.9. The predicted octanol–water partition coefficient (Wildman–Crippen LogP) is 0.433. The molecule has 0 aromatic rings. The average molecular weight is 405 g/mol. The fourth-order valence-electron chi connectivity index (χ4n) is 1.25. The molecular weight excluding hydrogens is 390 g/mol. The van der Waals surface area contributed by atoms with Gasteiger partial charge < -0.3 is 34.3 Å². The summed E-state index contributed by atoms with van der Waals surface area (Å²) in [5.74, 6) is -9.63. The SMILES string of the molecule is C=CCOC(=O)OC(O)[C@@H](O)[C@@](O)(OC(=O)OCC=C)C(F)(F)C(=O)Cl. The molecule has 0 saturated heterocycles. The van der Waals surface area contributed by atoms with E-state index in [2.05, 4.69) is 43.7 Å². The van der Waals surface area contributed by atoms with Gasteiger partial charge in [-0.2, -0.15) is 8.78 Å². The molecule has 0 radical (unpaired) electrons. The molecule has 0 aliphatic carbocycles. The quantitative estimate of drug-likeness (QED) is 0.202. The fourth-order valence-corrected chi connectivity index (χ4v) is 1.39. The minimum atomic E-state index is -5.16. The number of carbonyl (C=O) groups is 3. The first-order chi connectivity index (χ1) is 11.9. The molecule has 0 aliphatic rings. The van der Waals surface area contributed by atoms with Crippen LogP contribution in [0.25, 0.3) is 0 Å². The number of hydrogen-bond donors (Lipinski definition) is 3. The van der Waals surface area contributed by atoms with Crippen molar-refractivity contribution in [2.75, 3.05) is 13.2 Å². The Labute approximate surface area is 150 Å². The van der Waals surface area contributed by atoms with Gasteiger partial charge in [0.1, 0.15) is 13.2 Å². The van der Waals surface area contributed by atoms with Crippen LogP contribution in [0.5, 0.6) is 0 Å². The zero-order valence-electron chi connectivity index (χ0n) is 13.0. The summed E-state index contributed by atoms with van der Waals surface area (Å²) in [6, 6.07) is 0. The van der Waals surface area contributed by atoms with Crippen LogP contribution < -0.4 is 0 Å². The highest BCUT2D eigenvalue weighted by molar-refractivity contribution is 6.65. The number of hydrogen-bond acceptors (Lipinski definition) is 10. The largest absolute Gasteiger partial charge is 0.511 e. The smallest absolute Gasteiger partial charge is 0.430 e. The van der Waals surface area contributed by atoms with E-state index in [-0.39, 0.29) is 0 Å². The molecule has 0 rings (SSSR count). The maximum Gasteiger partial charge on any atom is 0.511 e. The van der Waals surface area contributed by atoms with Crippen molar-refractivity contribution in [1.82, 2.24) is 0 Å². The second kappa shape index (κ2) is 10.0. The summed E-state index contributed by atoms with van der Waals surface area (Å²) in [5.41, 5.74) is 0. The number of aliphatic hydroxyl groups excluding tert-OH is 2. The number of alkyl halides is 2. The molecule has 0 heterocycles. The van der Waals surface area contributed by atoms with E-state index in [9.17, 15) is 38.5 Å². The summed E-state index contributed by atoms with van der Waals surface area (Å²) in [4.78, 5) is 33.3. The molecule has 0 aromatic heterocycles. The van der Waals surface area contributed by atoms with Crippen LogP contribution >= 0.6 is 11.6 Å². The molecule has 3 N–H and O–H groups in total. The van der Waals surface area contributed by atoms with Crippen molar-refractivity contribution in [1.29, 1.82) is 0 Å². The lowest BCUT2D eigenvalue weighted by Gasteiger charge is -2.36. The van der Waals surface area contributed by atoms with E-state index < -0.39 is 54.9 Å². The second-order valence-corrected chi connectivity index (χ2v) is 4.64. The van der Waals surface area contributed by atoms with Crippen LogP contribution in [-0.4, -0.2) is 70.2 Å². The lowest BCUT2D eigenvalue weighted by Crippen LogP contribution is -2.65. The standard InChI is InChI=1S/C13H15ClF2O10/c1-3-5-23-10(20)25-8(18)7(17)13(22,12(15,16)9(14)19)26-11(21)24-6-4-2/h3-4,7-8,17-18,22H,1-2,5-6H2/t7-,8?,13-/m1/s1. The van der Waals surface area contributed by atoms with Crippen LogP contribution in [0.4, 0.5) is 18.4 Å². The Morgan fingerprint density at radius 1 is 1.08 bits per heavy atom. The third-order valence-electron chi connectivity index (χ3n) is 2.46. The van der Waals surface area contributed by atoms with Crippen molar-refractivity contribution in [2.24, 2.45) is 0 Å². The summed E-state index contributed by atoms with van der Waals surface area (Å²) in [5, 5.41) is 26.4. The van der Waals surface area contributed by atoms with E-state index in [4.69, 9.17) is 0 Å². The first-order valence-corrected chi connectivity index (χ1v) is 6.89. The molecule has 3 atom stereocenters. The number of carbonyl (C=O) groups excluding carboxylic acids is 3. The van der Waals surface area contributed by atoms with Crippen molar-refractivity contribution in [3.05, 3.63) is 25.3 Å². The van der Waals surface area contributed by atoms with Crippen LogP contribution in [0.3, 0.4) is 0 Å². The van der Waals surface area contributed by atoms with Crippen molar-refractivity contribution >= 4 is 29.2 Å². The van der Waals surface area contributed by atoms with E-state index in [0.717, 1.165) is 12.2 Å². The Morgan fingerprint density at radius 2 is 1.54 bits per heavy atom. The molecule has 0 aromatic carbocycles. The summed E-state index contributed by atoms with van der Waals surface area (Å²) < 4.78 is 44.0. The average Bonchev–Trinajstić information content (AvgIpc) is 2.56. The van der Waals surface area contributed by atoms with Gasteiger partial charge in [-0.15, -0.1) is 0 Å². The number of rotatable bonds is 10. The maximum absolute atomic E-state index is 13.9. The monoisotopic (exact) mass is 404 g/mol. The first kappa shape index (κ1) is 23.7. The summed E-state index contributed by atoms with van der Waals surface area (Å²) in [6.45, 7) is 5.35. The van der Waals surface area contributed by atoms with Crippen molar-refractivity contribution in [3.8, 4) is 0 Å². The lowest BCUT2D eigenvalue weighted by atomic mass is 10.0. The zero-order chi connectivity index (χ0) is 20.5. The predicted molar refractivity (Wildman–Crippen MR) is 78.0 cm³/mol. The molecule has 1 unspecified atom stereocenters. The topological polar surface area (TPSA) is 149 Å². The van der Waals surface area contributed by atoms with Gasteiger partial charge in [0.2, 0.25) is 6.29 Å². The molecule has 0 bridgehead atoms. The first-order valence-electron chi connectivity index (χ1n) is 6.51. The van der Waals surface area contributed by atoms with Gasteiger partial charge >= 0.3 is 24.0 Å². The lowest BCUT2D eigenvalue weighted by molar-refractivity contribution is -0.346. The van der Waals surface area contributed by atoms with Gasteiger partial charge in [-0.05, 0) is 11.6 Å². The van der Waals surface area contributed by atoms with Gasteiger partial charge in [-0.25, -0.2) is 9.59 Å². The number of aliphatic hydroxyl groups is 3. The minimum absolute atomic E-state index is 0.410. The van der Waals surface area contributed by atoms with Gasteiger partial charge in [0.05, 0.1) is 0 Å². The van der Waals surface area contributed by atoms with Crippen molar-refractivity contribution < 1.29 is 57.4 Å². The van der Waals surface area contributed by atoms with Gasteiger partial charge in [0.15, 0.2) is 6.10 Å². The Hall–Kier alpha value is -2.28. The third kappa shape index (κ3) is 5.91. The Bertz CT molecular complexity index is 555. The molecular formula is C13H15ClF2O10. The van der Waals surface area contributed by atoms with Gasteiger partial charge in [0, 0.05) is 0 Å². The van der Waals surface area contributed by atoms with E-state index >= 15 is 0 Å². The summed E-state index contributed by atoms with van der Waals surface area (Å²) in [6.07, 6.45) is -7.80. The highest BCUT2D eigenvalue weighted by Gasteiger charge is 2.68. The molecule has 26 heavy (non-hydrogen) atoms. The Balaban J connectivity index is 5.52. The molecule has 0 fully saturated rings. The second-order valence-electron chi connectivity index (χ2n) is 4.30. The van der Waals surface area contributed by atoms with E-state index in [1.54, 1.807) is 0 Å². The Kier molecular flexibility index (Phi) is 9.13. The molecule has 13 heteroatoms. The normalized spacial score (nSPS) is 15.6. The Morgan fingerprint density at radius 3 is 1.96 bits per heavy atom. The van der Waals surface area contributed by atoms with Gasteiger partial charge in [-0.3, -0.25) is 4.79 Å². The van der Waals surface area contributed by atoms with Crippen LogP contribution in [0.2, 0.25) is 0 Å². The highest BCUT2D eigenvalue weighted by Crippen LogP contribution is 2.37. The minimum Gasteiger partial charge on any atom is -0.430 e. The summed E-state index contributed by atoms with van der Waals surface area (Å²) >= 11 is 4.63. The van der Waals surface area contributed by atoms with Gasteiger partial charge in [-0.1, -0.05) is 25.3 Å². The van der Waals surface area contributed by atoms with Crippen molar-refractivity contribution in [3.63, 3.8) is 0 Å². The van der Waals surface area contributed by atoms with E-state index in [0.29, 0.717) is 0 Å². The van der Waals surface area contributed by atoms with Crippen molar-refractivity contribution in [2.45, 2.75) is 24.1 Å². The van der Waals surface area contributed by atoms with Crippen LogP contribution in [0.15, 0.2) is 25.3 Å². The van der Waals surface area contributed by atoms with E-state index in [1.165, 1.54) is 0 Å². The molecule has 0 spiro atoms. The van der Waals surface area contributed by atoms with Crippen LogP contribution in [0, 0.1) is 0 Å². The molecule has 10 nitrogen and oxygen atoms in total. The molecule has 148 valence electrons. The molecule has 0 saturated carbocycles. The van der Waals surface area contributed by atoms with E-state index in [1.807, 2.05) is 0 Å². The van der Waals surface area contributed by atoms with Gasteiger partial charge in [0.25, 0.3) is 5.24 Å². The zero-order valence-corrected chi connectivity index (χ0v) is 13.7. The molecule has 0 aliphatic heterocycles. The number of halogens is 3. The summed E-state index contributed by atoms with van der Waals surface area (Å²) in [7, 11) is 0. The van der Waals surface area contributed by atoms with Crippen LogP contribution in [0.1, 0.15) is 0 Å². The fraction of sp³-hybridized carbons (Fsp3) is 0.462. The highest BCUT2D eigenvalue weighted by atomic mass is 35.5. The molecule has 0 amide bonds.